The number of hydrogen-bond acceptors (Lipinski definition) is 6. The van der Waals surface area contributed by atoms with Gasteiger partial charge in [0.15, 0.2) is 0 Å². The lowest BCUT2D eigenvalue weighted by molar-refractivity contribution is -0.112. The van der Waals surface area contributed by atoms with Gasteiger partial charge in [-0.2, -0.15) is 0 Å². The van der Waals surface area contributed by atoms with Gasteiger partial charge in [-0.3, -0.25) is 9.69 Å². The smallest absolute Gasteiger partial charge is 0.251 e. The molecule has 0 aliphatic carbocycles. The third-order valence-electron chi connectivity index (χ3n) is 8.33. The molecule has 7 heteroatoms. The van der Waals surface area contributed by atoms with E-state index in [-0.39, 0.29) is 5.91 Å². The first-order valence-electron chi connectivity index (χ1n) is 15.5. The first kappa shape index (κ1) is 30.8. The monoisotopic (exact) mass is 583 g/mol. The van der Waals surface area contributed by atoms with Gasteiger partial charge in [-0.05, 0) is 98.0 Å². The van der Waals surface area contributed by atoms with Crippen LogP contribution in [-0.4, -0.2) is 70.5 Å². The van der Waals surface area contributed by atoms with Gasteiger partial charge in [0.1, 0.15) is 5.75 Å². The van der Waals surface area contributed by atoms with Crippen LogP contribution in [0.4, 0.5) is 11.4 Å². The summed E-state index contributed by atoms with van der Waals surface area (Å²) in [5.74, 6) is 0.803. The van der Waals surface area contributed by atoms with Gasteiger partial charge in [-0.25, -0.2) is 0 Å². The minimum atomic E-state index is -0.0513. The maximum Gasteiger partial charge on any atom is 0.251 e. The summed E-state index contributed by atoms with van der Waals surface area (Å²) in [6.45, 7) is 7.44. The minimum absolute atomic E-state index is 0.0513. The van der Waals surface area contributed by atoms with Crippen molar-refractivity contribution in [3.63, 3.8) is 0 Å². The third kappa shape index (κ3) is 8.47. The van der Waals surface area contributed by atoms with E-state index in [1.165, 1.54) is 5.56 Å². The summed E-state index contributed by atoms with van der Waals surface area (Å²) in [7, 11) is 4.27. The third-order valence-corrected chi connectivity index (χ3v) is 8.33. The number of carbonyl (C=O) groups is 1. The highest BCUT2D eigenvalue weighted by Crippen LogP contribution is 2.32. The second kappa shape index (κ2) is 15.2. The Morgan fingerprint density at radius 3 is 2.49 bits per heavy atom. The standard InChI is InChI=1S/C36H45N3O4/c1-4-41-20-5-21-43-34-13-8-28(9-14-34)29-10-15-35-31(24-29)25-30(16-19-38(35)2)36(40)37-32-11-6-27(7-12-32)26-39(3)33-17-22-42-23-18-33/h6-15,24-25,33H,4-5,16-23,26H2,1-3H3,(H,37,40). The fourth-order valence-electron chi connectivity index (χ4n) is 5.73. The van der Waals surface area contributed by atoms with Crippen molar-refractivity contribution in [2.24, 2.45) is 0 Å². The SMILES string of the molecule is CCOCCCOc1ccc(-c2ccc3c(c2)C=C(C(=O)Nc2ccc(CN(C)C4CCOCC4)cc2)CCN3C)cc1. The van der Waals surface area contributed by atoms with Crippen molar-refractivity contribution in [3.05, 3.63) is 83.4 Å². The summed E-state index contributed by atoms with van der Waals surface area (Å²) in [5.41, 5.74) is 7.22. The van der Waals surface area contributed by atoms with E-state index in [9.17, 15) is 4.79 Å². The molecule has 0 unspecified atom stereocenters. The quantitative estimate of drug-likeness (QED) is 0.242. The van der Waals surface area contributed by atoms with E-state index in [0.29, 0.717) is 25.7 Å². The van der Waals surface area contributed by atoms with Crippen LogP contribution in [0, 0.1) is 0 Å². The van der Waals surface area contributed by atoms with Crippen LogP contribution in [0.3, 0.4) is 0 Å². The van der Waals surface area contributed by atoms with Crippen molar-refractivity contribution in [1.29, 1.82) is 0 Å². The number of nitrogens with one attached hydrogen (secondary N) is 1. The zero-order valence-corrected chi connectivity index (χ0v) is 25.8. The van der Waals surface area contributed by atoms with Gasteiger partial charge in [0.05, 0.1) is 6.61 Å². The molecule has 0 radical (unpaired) electrons. The Morgan fingerprint density at radius 2 is 1.74 bits per heavy atom. The number of fused-ring (bicyclic) bond motifs is 1. The summed E-state index contributed by atoms with van der Waals surface area (Å²) < 4.78 is 16.7. The maximum absolute atomic E-state index is 13.4. The molecule has 2 heterocycles. The highest BCUT2D eigenvalue weighted by molar-refractivity contribution is 6.07. The maximum atomic E-state index is 13.4. The van der Waals surface area contributed by atoms with Crippen molar-refractivity contribution in [2.75, 3.05) is 63.9 Å². The Balaban J connectivity index is 1.23. The number of anilines is 2. The number of ether oxygens (including phenoxy) is 3. The van der Waals surface area contributed by atoms with E-state index in [4.69, 9.17) is 14.2 Å². The number of amides is 1. The first-order chi connectivity index (χ1) is 21.0. The number of hydrogen-bond donors (Lipinski definition) is 1. The lowest BCUT2D eigenvalue weighted by atomic mass is 10.00. The van der Waals surface area contributed by atoms with Crippen molar-refractivity contribution in [2.45, 2.75) is 45.2 Å². The number of benzene rings is 3. The lowest BCUT2D eigenvalue weighted by Crippen LogP contribution is -2.36. The second-order valence-electron chi connectivity index (χ2n) is 11.4. The van der Waals surface area contributed by atoms with E-state index < -0.39 is 0 Å². The molecule has 3 aromatic rings. The Hall–Kier alpha value is -3.65. The van der Waals surface area contributed by atoms with Gasteiger partial charge in [0, 0.05) is 76.0 Å². The highest BCUT2D eigenvalue weighted by atomic mass is 16.5. The molecular weight excluding hydrogens is 538 g/mol. The van der Waals surface area contributed by atoms with Gasteiger partial charge in [0.25, 0.3) is 5.91 Å². The van der Waals surface area contributed by atoms with E-state index in [1.54, 1.807) is 0 Å². The Labute approximate surface area is 256 Å². The van der Waals surface area contributed by atoms with E-state index in [0.717, 1.165) is 91.6 Å². The van der Waals surface area contributed by atoms with E-state index in [2.05, 4.69) is 71.7 Å². The molecule has 0 spiro atoms. The molecule has 1 N–H and O–H groups in total. The molecule has 7 nitrogen and oxygen atoms in total. The van der Waals surface area contributed by atoms with Crippen LogP contribution in [-0.2, 0) is 20.8 Å². The molecule has 5 rings (SSSR count). The summed E-state index contributed by atoms with van der Waals surface area (Å²) in [6, 6.07) is 23.5. The molecule has 3 aromatic carbocycles. The number of carbonyl (C=O) groups excluding carboxylic acids is 1. The summed E-state index contributed by atoms with van der Waals surface area (Å²) in [5, 5.41) is 3.13. The topological polar surface area (TPSA) is 63.3 Å². The van der Waals surface area contributed by atoms with Crippen molar-refractivity contribution >= 4 is 23.4 Å². The summed E-state index contributed by atoms with van der Waals surface area (Å²) in [4.78, 5) is 18.0. The zero-order valence-electron chi connectivity index (χ0n) is 25.8. The molecule has 0 aromatic heterocycles. The van der Waals surface area contributed by atoms with Crippen LogP contribution >= 0.6 is 0 Å². The fraction of sp³-hybridized carbons (Fsp3) is 0.417. The van der Waals surface area contributed by atoms with E-state index in [1.807, 2.05) is 37.3 Å². The fourth-order valence-corrected chi connectivity index (χ4v) is 5.73. The molecule has 2 aliphatic rings. The van der Waals surface area contributed by atoms with Gasteiger partial charge < -0.3 is 24.4 Å². The molecular formula is C36H45N3O4. The van der Waals surface area contributed by atoms with Gasteiger partial charge in [-0.15, -0.1) is 0 Å². The zero-order chi connectivity index (χ0) is 30.0. The molecule has 0 bridgehead atoms. The molecule has 2 aliphatic heterocycles. The molecule has 1 saturated heterocycles. The average molecular weight is 584 g/mol. The average Bonchev–Trinajstić information content (AvgIpc) is 3.21. The van der Waals surface area contributed by atoms with Crippen LogP contribution in [0.2, 0.25) is 0 Å². The largest absolute Gasteiger partial charge is 0.494 e. The Morgan fingerprint density at radius 1 is 1.00 bits per heavy atom. The molecule has 0 saturated carbocycles. The van der Waals surface area contributed by atoms with Crippen molar-refractivity contribution in [1.82, 2.24) is 4.90 Å². The molecule has 228 valence electrons. The Kier molecular flexibility index (Phi) is 10.9. The highest BCUT2D eigenvalue weighted by Gasteiger charge is 2.20. The molecule has 1 fully saturated rings. The van der Waals surface area contributed by atoms with Crippen molar-refractivity contribution in [3.8, 4) is 16.9 Å². The normalized spacial score (nSPS) is 15.5. The second-order valence-corrected chi connectivity index (χ2v) is 11.4. The number of nitrogens with zero attached hydrogens (tertiary/aromatic N) is 2. The lowest BCUT2D eigenvalue weighted by Gasteiger charge is -2.31. The first-order valence-corrected chi connectivity index (χ1v) is 15.5. The van der Waals surface area contributed by atoms with Crippen molar-refractivity contribution < 1.29 is 19.0 Å². The molecule has 1 amide bonds. The molecule has 43 heavy (non-hydrogen) atoms. The summed E-state index contributed by atoms with van der Waals surface area (Å²) >= 11 is 0. The summed E-state index contributed by atoms with van der Waals surface area (Å²) in [6.07, 6.45) is 5.75. The van der Waals surface area contributed by atoms with Gasteiger partial charge >= 0.3 is 0 Å². The van der Waals surface area contributed by atoms with E-state index >= 15 is 0 Å². The van der Waals surface area contributed by atoms with Gasteiger partial charge in [0.2, 0.25) is 0 Å². The van der Waals surface area contributed by atoms with Crippen LogP contribution in [0.1, 0.15) is 43.7 Å². The predicted octanol–water partition coefficient (Wildman–Crippen LogP) is 6.63. The van der Waals surface area contributed by atoms with Crippen LogP contribution in [0.25, 0.3) is 17.2 Å². The molecule has 0 atom stereocenters. The number of rotatable bonds is 12. The minimum Gasteiger partial charge on any atom is -0.494 e. The van der Waals surface area contributed by atoms with Crippen LogP contribution in [0.5, 0.6) is 5.75 Å². The Bertz CT molecular complexity index is 1360. The predicted molar refractivity (Wildman–Crippen MR) is 175 cm³/mol. The van der Waals surface area contributed by atoms with Gasteiger partial charge in [-0.1, -0.05) is 30.3 Å². The van der Waals surface area contributed by atoms with Crippen LogP contribution in [0.15, 0.2) is 72.3 Å². The van der Waals surface area contributed by atoms with Crippen LogP contribution < -0.4 is 15.0 Å².